The Morgan fingerprint density at radius 2 is 2.05 bits per heavy atom. The van der Waals surface area contributed by atoms with Gasteiger partial charge in [0.15, 0.2) is 0 Å². The first-order valence-corrected chi connectivity index (χ1v) is 7.06. The standard InChI is InChI=1S/C17H18N2O2/c1-11-9-13(4-7-16(11)20)17(21)19-8-2-3-12-10-14(18)5-6-15(12)19/h4-7,9-10,20H,2-3,8,18H2,1H3. The van der Waals surface area contributed by atoms with Gasteiger partial charge >= 0.3 is 0 Å². The van der Waals surface area contributed by atoms with E-state index < -0.39 is 0 Å². The summed E-state index contributed by atoms with van der Waals surface area (Å²) < 4.78 is 0. The molecule has 3 rings (SSSR count). The lowest BCUT2D eigenvalue weighted by atomic mass is 9.99. The molecule has 2 aromatic rings. The number of nitrogens with zero attached hydrogens (tertiary/aromatic N) is 1. The molecule has 4 heteroatoms. The molecule has 1 heterocycles. The third kappa shape index (κ3) is 2.44. The second-order valence-electron chi connectivity index (χ2n) is 5.45. The minimum absolute atomic E-state index is 0.0381. The van der Waals surface area contributed by atoms with Crippen LogP contribution < -0.4 is 10.6 Å². The molecule has 1 aliphatic rings. The Hall–Kier alpha value is -2.49. The number of carbonyl (C=O) groups is 1. The number of phenolic OH excluding ortho intramolecular Hbond substituents is 1. The first kappa shape index (κ1) is 13.5. The van der Waals surface area contributed by atoms with Crippen LogP contribution in [0.3, 0.4) is 0 Å². The molecule has 0 spiro atoms. The van der Waals surface area contributed by atoms with Crippen LogP contribution in [0.25, 0.3) is 0 Å². The SMILES string of the molecule is Cc1cc(C(=O)N2CCCc3cc(N)ccc32)ccc1O. The molecule has 0 fully saturated rings. The maximum Gasteiger partial charge on any atom is 0.258 e. The number of aryl methyl sites for hydroxylation is 2. The van der Waals surface area contributed by atoms with E-state index >= 15 is 0 Å². The van der Waals surface area contributed by atoms with Crippen LogP contribution in [0, 0.1) is 6.92 Å². The van der Waals surface area contributed by atoms with Gasteiger partial charge in [0.05, 0.1) is 0 Å². The van der Waals surface area contributed by atoms with Crippen molar-refractivity contribution >= 4 is 17.3 Å². The average molecular weight is 282 g/mol. The van der Waals surface area contributed by atoms with Crippen LogP contribution >= 0.6 is 0 Å². The van der Waals surface area contributed by atoms with Crippen molar-refractivity contribution in [2.45, 2.75) is 19.8 Å². The van der Waals surface area contributed by atoms with Crippen molar-refractivity contribution < 1.29 is 9.90 Å². The molecule has 4 nitrogen and oxygen atoms in total. The Kier molecular flexibility index (Phi) is 3.29. The molecule has 108 valence electrons. The fourth-order valence-corrected chi connectivity index (χ4v) is 2.77. The zero-order valence-electron chi connectivity index (χ0n) is 12.0. The van der Waals surface area contributed by atoms with E-state index in [1.165, 1.54) is 0 Å². The van der Waals surface area contributed by atoms with E-state index in [0.717, 1.165) is 29.8 Å². The normalized spacial score (nSPS) is 13.9. The Morgan fingerprint density at radius 3 is 2.81 bits per heavy atom. The summed E-state index contributed by atoms with van der Waals surface area (Å²) in [5, 5.41) is 9.59. The molecule has 1 amide bonds. The second kappa shape index (κ2) is 5.13. The average Bonchev–Trinajstić information content (AvgIpc) is 2.48. The van der Waals surface area contributed by atoms with Crippen molar-refractivity contribution in [1.29, 1.82) is 0 Å². The van der Waals surface area contributed by atoms with Crippen LogP contribution in [-0.2, 0) is 6.42 Å². The van der Waals surface area contributed by atoms with Gasteiger partial charge in [-0.25, -0.2) is 0 Å². The molecule has 21 heavy (non-hydrogen) atoms. The van der Waals surface area contributed by atoms with Crippen molar-refractivity contribution in [3.05, 3.63) is 53.1 Å². The van der Waals surface area contributed by atoms with Crippen LogP contribution in [0.4, 0.5) is 11.4 Å². The van der Waals surface area contributed by atoms with Gasteiger partial charge in [-0.3, -0.25) is 4.79 Å². The molecule has 2 aromatic carbocycles. The summed E-state index contributed by atoms with van der Waals surface area (Å²) >= 11 is 0. The molecule has 0 saturated heterocycles. The van der Waals surface area contributed by atoms with E-state index in [-0.39, 0.29) is 11.7 Å². The number of nitrogen functional groups attached to an aromatic ring is 1. The number of nitrogens with two attached hydrogens (primary N) is 1. The third-order valence-electron chi connectivity index (χ3n) is 3.91. The summed E-state index contributed by atoms with van der Waals surface area (Å²) in [7, 11) is 0. The number of hydrogen-bond acceptors (Lipinski definition) is 3. The minimum atomic E-state index is -0.0381. The van der Waals surface area contributed by atoms with Gasteiger partial charge in [-0.05, 0) is 67.3 Å². The first-order chi connectivity index (χ1) is 10.1. The summed E-state index contributed by atoms with van der Waals surface area (Å²) in [5.74, 6) is 0.169. The molecular formula is C17H18N2O2. The smallest absolute Gasteiger partial charge is 0.258 e. The van der Waals surface area contributed by atoms with Gasteiger partial charge in [-0.2, -0.15) is 0 Å². The van der Waals surface area contributed by atoms with Crippen LogP contribution in [-0.4, -0.2) is 17.6 Å². The first-order valence-electron chi connectivity index (χ1n) is 7.06. The lowest BCUT2D eigenvalue weighted by Gasteiger charge is -2.30. The highest BCUT2D eigenvalue weighted by Gasteiger charge is 2.23. The minimum Gasteiger partial charge on any atom is -0.508 e. The maximum absolute atomic E-state index is 12.7. The highest BCUT2D eigenvalue weighted by Crippen LogP contribution is 2.30. The zero-order valence-corrected chi connectivity index (χ0v) is 12.0. The highest BCUT2D eigenvalue weighted by atomic mass is 16.3. The van der Waals surface area contributed by atoms with E-state index in [0.29, 0.717) is 17.7 Å². The number of amides is 1. The van der Waals surface area contributed by atoms with Crippen molar-refractivity contribution in [3.63, 3.8) is 0 Å². The topological polar surface area (TPSA) is 66.6 Å². The van der Waals surface area contributed by atoms with Crippen molar-refractivity contribution in [2.75, 3.05) is 17.2 Å². The fraction of sp³-hybridized carbons (Fsp3) is 0.235. The molecule has 0 unspecified atom stereocenters. The van der Waals surface area contributed by atoms with Gasteiger partial charge in [-0.1, -0.05) is 0 Å². The van der Waals surface area contributed by atoms with Gasteiger partial charge in [0.25, 0.3) is 5.91 Å². The number of hydrogen-bond donors (Lipinski definition) is 2. The van der Waals surface area contributed by atoms with Gasteiger partial charge in [-0.15, -0.1) is 0 Å². The lowest BCUT2D eigenvalue weighted by molar-refractivity contribution is 0.0985. The molecular weight excluding hydrogens is 264 g/mol. The predicted molar refractivity (Wildman–Crippen MR) is 83.7 cm³/mol. The van der Waals surface area contributed by atoms with Crippen LogP contribution in [0.1, 0.15) is 27.9 Å². The molecule has 0 saturated carbocycles. The third-order valence-corrected chi connectivity index (χ3v) is 3.91. The quantitative estimate of drug-likeness (QED) is 0.790. The van der Waals surface area contributed by atoms with Crippen molar-refractivity contribution in [1.82, 2.24) is 0 Å². The van der Waals surface area contributed by atoms with Gasteiger partial charge < -0.3 is 15.7 Å². The molecule has 0 aromatic heterocycles. The van der Waals surface area contributed by atoms with E-state index in [4.69, 9.17) is 5.73 Å². The zero-order chi connectivity index (χ0) is 15.0. The predicted octanol–water partition coefficient (Wildman–Crippen LogP) is 2.88. The summed E-state index contributed by atoms with van der Waals surface area (Å²) in [6, 6.07) is 10.6. The second-order valence-corrected chi connectivity index (χ2v) is 5.45. The molecule has 1 aliphatic heterocycles. The van der Waals surface area contributed by atoms with Crippen molar-refractivity contribution in [2.24, 2.45) is 0 Å². The monoisotopic (exact) mass is 282 g/mol. The Morgan fingerprint density at radius 1 is 1.24 bits per heavy atom. The summed E-state index contributed by atoms with van der Waals surface area (Å²) in [5.41, 5.74) is 9.89. The Balaban J connectivity index is 1.98. The molecule has 0 atom stereocenters. The number of carbonyl (C=O) groups excluding carboxylic acids is 1. The highest BCUT2D eigenvalue weighted by molar-refractivity contribution is 6.07. The number of benzene rings is 2. The number of rotatable bonds is 1. The van der Waals surface area contributed by atoms with E-state index in [2.05, 4.69) is 0 Å². The maximum atomic E-state index is 12.7. The van der Waals surface area contributed by atoms with Gasteiger partial charge in [0.2, 0.25) is 0 Å². The largest absolute Gasteiger partial charge is 0.508 e. The van der Waals surface area contributed by atoms with Gasteiger partial charge in [0, 0.05) is 23.5 Å². The van der Waals surface area contributed by atoms with E-state index in [1.807, 2.05) is 18.2 Å². The number of fused-ring (bicyclic) bond motifs is 1. The fourth-order valence-electron chi connectivity index (χ4n) is 2.77. The van der Waals surface area contributed by atoms with Gasteiger partial charge in [0.1, 0.15) is 5.75 Å². The molecule has 0 aliphatic carbocycles. The van der Waals surface area contributed by atoms with Crippen LogP contribution in [0.5, 0.6) is 5.75 Å². The van der Waals surface area contributed by atoms with Crippen LogP contribution in [0.2, 0.25) is 0 Å². The molecule has 3 N–H and O–H groups in total. The van der Waals surface area contributed by atoms with Crippen LogP contribution in [0.15, 0.2) is 36.4 Å². The molecule has 0 bridgehead atoms. The summed E-state index contributed by atoms with van der Waals surface area (Å²) in [4.78, 5) is 14.5. The Bertz CT molecular complexity index is 710. The molecule has 0 radical (unpaired) electrons. The van der Waals surface area contributed by atoms with E-state index in [9.17, 15) is 9.90 Å². The van der Waals surface area contributed by atoms with Crippen molar-refractivity contribution in [3.8, 4) is 5.75 Å². The Labute approximate surface area is 123 Å². The number of anilines is 2. The van der Waals surface area contributed by atoms with E-state index in [1.54, 1.807) is 30.0 Å². The number of aromatic hydroxyl groups is 1. The number of phenols is 1. The summed E-state index contributed by atoms with van der Waals surface area (Å²) in [6.07, 6.45) is 1.87. The lowest BCUT2D eigenvalue weighted by Crippen LogP contribution is -2.35. The summed E-state index contributed by atoms with van der Waals surface area (Å²) in [6.45, 7) is 2.49.